The quantitative estimate of drug-likeness (QED) is 0.931. The van der Waals surface area contributed by atoms with Crippen molar-refractivity contribution in [1.82, 2.24) is 15.0 Å². The lowest BCUT2D eigenvalue weighted by atomic mass is 10.2. The lowest BCUT2D eigenvalue weighted by Crippen LogP contribution is -2.17. The molecule has 0 fully saturated rings. The number of anilines is 2. The van der Waals surface area contributed by atoms with Gasteiger partial charge >= 0.3 is 6.18 Å². The molecule has 0 unspecified atom stereocenters. The minimum atomic E-state index is -4.50. The van der Waals surface area contributed by atoms with E-state index in [0.29, 0.717) is 5.95 Å². The molecule has 0 saturated heterocycles. The van der Waals surface area contributed by atoms with Crippen molar-refractivity contribution in [2.75, 3.05) is 24.7 Å². The lowest BCUT2D eigenvalue weighted by Gasteiger charge is -2.14. The summed E-state index contributed by atoms with van der Waals surface area (Å²) in [5.41, 5.74) is 4.68. The summed E-state index contributed by atoms with van der Waals surface area (Å²) in [4.78, 5) is 13.4. The number of hydrogen-bond donors (Lipinski definition) is 1. The van der Waals surface area contributed by atoms with E-state index in [4.69, 9.17) is 10.5 Å². The maximum absolute atomic E-state index is 12.9. The molecule has 6 nitrogen and oxygen atoms in total. The summed E-state index contributed by atoms with van der Waals surface area (Å²) in [7, 11) is 3.41. The Balaban J connectivity index is 2.21. The molecule has 0 radical (unpaired) electrons. The highest BCUT2D eigenvalue weighted by molar-refractivity contribution is 5.36. The van der Waals surface area contributed by atoms with Crippen LogP contribution in [0.2, 0.25) is 0 Å². The van der Waals surface area contributed by atoms with Gasteiger partial charge < -0.3 is 15.4 Å². The van der Waals surface area contributed by atoms with Crippen LogP contribution >= 0.6 is 0 Å². The highest BCUT2D eigenvalue weighted by Crippen LogP contribution is 2.36. The van der Waals surface area contributed by atoms with Crippen molar-refractivity contribution >= 4 is 11.9 Å². The van der Waals surface area contributed by atoms with Crippen LogP contribution in [0.15, 0.2) is 24.3 Å². The number of halogens is 3. The molecule has 0 atom stereocenters. The minimum absolute atomic E-state index is 0.0265. The Morgan fingerprint density at radius 1 is 1.14 bits per heavy atom. The molecule has 1 aromatic carbocycles. The molecule has 0 aliphatic heterocycles. The van der Waals surface area contributed by atoms with Gasteiger partial charge in [0.2, 0.25) is 11.9 Å². The van der Waals surface area contributed by atoms with Crippen molar-refractivity contribution < 1.29 is 17.9 Å². The van der Waals surface area contributed by atoms with Crippen molar-refractivity contribution in [3.8, 4) is 5.75 Å². The average Bonchev–Trinajstić information content (AvgIpc) is 2.44. The van der Waals surface area contributed by atoms with E-state index in [-0.39, 0.29) is 24.1 Å². The topological polar surface area (TPSA) is 77.2 Å². The van der Waals surface area contributed by atoms with Gasteiger partial charge in [-0.1, -0.05) is 12.1 Å². The Bertz CT molecular complexity index is 660. The van der Waals surface area contributed by atoms with Crippen molar-refractivity contribution in [1.29, 1.82) is 0 Å². The molecule has 2 rings (SSSR count). The first-order chi connectivity index (χ1) is 10.3. The third kappa shape index (κ3) is 3.74. The predicted molar refractivity (Wildman–Crippen MR) is 74.3 cm³/mol. The van der Waals surface area contributed by atoms with Crippen LogP contribution in [-0.2, 0) is 12.8 Å². The molecule has 1 heterocycles. The van der Waals surface area contributed by atoms with Gasteiger partial charge in [0.15, 0.2) is 5.82 Å². The van der Waals surface area contributed by atoms with Crippen LogP contribution in [0.3, 0.4) is 0 Å². The van der Waals surface area contributed by atoms with Gasteiger partial charge in [-0.2, -0.15) is 28.1 Å². The number of aromatic nitrogens is 3. The fourth-order valence-electron chi connectivity index (χ4n) is 1.66. The molecule has 118 valence electrons. The zero-order valence-electron chi connectivity index (χ0n) is 11.9. The van der Waals surface area contributed by atoms with E-state index in [1.807, 2.05) is 0 Å². The molecule has 0 bridgehead atoms. The maximum Gasteiger partial charge on any atom is 0.419 e. The van der Waals surface area contributed by atoms with E-state index >= 15 is 0 Å². The Morgan fingerprint density at radius 2 is 1.82 bits per heavy atom. The van der Waals surface area contributed by atoms with Gasteiger partial charge in [-0.3, -0.25) is 0 Å². The largest absolute Gasteiger partial charge is 0.485 e. The van der Waals surface area contributed by atoms with Crippen LogP contribution in [0, 0.1) is 0 Å². The predicted octanol–water partition coefficient (Wildman–Crippen LogP) is 2.12. The maximum atomic E-state index is 12.9. The van der Waals surface area contributed by atoms with Gasteiger partial charge in [0, 0.05) is 14.1 Å². The Labute approximate surface area is 124 Å². The van der Waals surface area contributed by atoms with Gasteiger partial charge in [-0.05, 0) is 12.1 Å². The number of hydrogen-bond acceptors (Lipinski definition) is 6. The monoisotopic (exact) mass is 313 g/mol. The fraction of sp³-hybridized carbons (Fsp3) is 0.308. The number of para-hydroxylation sites is 1. The fourth-order valence-corrected chi connectivity index (χ4v) is 1.66. The number of benzene rings is 1. The van der Waals surface area contributed by atoms with Crippen LogP contribution < -0.4 is 15.4 Å². The molecule has 0 amide bonds. The molecule has 2 N–H and O–H groups in total. The zero-order valence-corrected chi connectivity index (χ0v) is 11.9. The van der Waals surface area contributed by atoms with Crippen molar-refractivity contribution in [3.05, 3.63) is 35.7 Å². The zero-order chi connectivity index (χ0) is 16.3. The summed E-state index contributed by atoms with van der Waals surface area (Å²) < 4.78 is 43.8. The molecule has 2 aromatic rings. The Hall–Kier alpha value is -2.58. The molecule has 0 spiro atoms. The minimum Gasteiger partial charge on any atom is -0.485 e. The first-order valence-electron chi connectivity index (χ1n) is 6.24. The first-order valence-corrected chi connectivity index (χ1v) is 6.24. The highest BCUT2D eigenvalue weighted by Gasteiger charge is 2.34. The van der Waals surface area contributed by atoms with Crippen molar-refractivity contribution in [2.45, 2.75) is 12.8 Å². The number of nitrogen functional groups attached to an aromatic ring is 1. The summed E-state index contributed by atoms with van der Waals surface area (Å²) >= 11 is 0. The van der Waals surface area contributed by atoms with Crippen molar-refractivity contribution in [3.63, 3.8) is 0 Å². The van der Waals surface area contributed by atoms with Crippen LogP contribution in [0.25, 0.3) is 0 Å². The SMILES string of the molecule is CN(C)c1nc(N)nc(COc2ccccc2C(F)(F)F)n1. The van der Waals surface area contributed by atoms with E-state index in [2.05, 4.69) is 15.0 Å². The molecule has 0 aliphatic carbocycles. The van der Waals surface area contributed by atoms with Crippen LogP contribution in [0.1, 0.15) is 11.4 Å². The van der Waals surface area contributed by atoms with Gasteiger partial charge in [0.1, 0.15) is 12.4 Å². The standard InChI is InChI=1S/C13H14F3N5O/c1-21(2)12-19-10(18-11(17)20-12)7-22-9-6-4-3-5-8(9)13(14,15)16/h3-6H,7H2,1-2H3,(H2,17,18,19,20). The van der Waals surface area contributed by atoms with Crippen LogP contribution in [-0.4, -0.2) is 29.0 Å². The summed E-state index contributed by atoms with van der Waals surface area (Å²) in [6.07, 6.45) is -4.50. The summed E-state index contributed by atoms with van der Waals surface area (Å²) in [6, 6.07) is 4.93. The van der Waals surface area contributed by atoms with Gasteiger partial charge in [-0.25, -0.2) is 0 Å². The van der Waals surface area contributed by atoms with E-state index in [0.717, 1.165) is 6.07 Å². The van der Waals surface area contributed by atoms with Gasteiger partial charge in [0.25, 0.3) is 0 Å². The molecular weight excluding hydrogens is 299 g/mol. The number of alkyl halides is 3. The summed E-state index contributed by atoms with van der Waals surface area (Å²) in [6.45, 7) is -0.249. The van der Waals surface area contributed by atoms with Gasteiger partial charge in [-0.15, -0.1) is 0 Å². The summed E-state index contributed by atoms with van der Waals surface area (Å²) in [5.74, 6) is 0.130. The third-order valence-electron chi connectivity index (χ3n) is 2.64. The molecular formula is C13H14F3N5O. The second kappa shape index (κ2) is 6.04. The third-order valence-corrected chi connectivity index (χ3v) is 2.64. The molecule has 0 saturated carbocycles. The number of nitrogens with zero attached hydrogens (tertiary/aromatic N) is 4. The molecule has 1 aromatic heterocycles. The molecule has 9 heteroatoms. The second-order valence-corrected chi connectivity index (χ2v) is 4.59. The average molecular weight is 313 g/mol. The number of nitrogens with two attached hydrogens (primary N) is 1. The number of rotatable bonds is 4. The molecule has 22 heavy (non-hydrogen) atoms. The van der Waals surface area contributed by atoms with E-state index in [9.17, 15) is 13.2 Å². The van der Waals surface area contributed by atoms with E-state index in [1.165, 1.54) is 18.2 Å². The molecule has 0 aliphatic rings. The smallest absolute Gasteiger partial charge is 0.419 e. The van der Waals surface area contributed by atoms with Crippen LogP contribution in [0.5, 0.6) is 5.75 Å². The van der Waals surface area contributed by atoms with E-state index in [1.54, 1.807) is 19.0 Å². The normalized spacial score (nSPS) is 11.3. The lowest BCUT2D eigenvalue weighted by molar-refractivity contribution is -0.139. The number of ether oxygens (including phenoxy) is 1. The Kier molecular flexibility index (Phi) is 4.34. The second-order valence-electron chi connectivity index (χ2n) is 4.59. The highest BCUT2D eigenvalue weighted by atomic mass is 19.4. The first kappa shape index (κ1) is 15.8. The summed E-state index contributed by atoms with van der Waals surface area (Å²) in [5, 5.41) is 0. The van der Waals surface area contributed by atoms with E-state index < -0.39 is 11.7 Å². The Morgan fingerprint density at radius 3 is 2.45 bits per heavy atom. The van der Waals surface area contributed by atoms with Gasteiger partial charge in [0.05, 0.1) is 5.56 Å². The van der Waals surface area contributed by atoms with Crippen molar-refractivity contribution in [2.24, 2.45) is 0 Å². The van der Waals surface area contributed by atoms with Crippen LogP contribution in [0.4, 0.5) is 25.1 Å².